The number of nitrogens with two attached hydrogens (primary N) is 1. The normalized spacial score (nSPS) is 13.3. The monoisotopic (exact) mass is 270 g/mol. The zero-order valence-corrected chi connectivity index (χ0v) is 10.8. The van der Waals surface area contributed by atoms with E-state index in [9.17, 15) is 10.1 Å². The van der Waals surface area contributed by atoms with Crippen LogP contribution in [0.15, 0.2) is 22.3 Å². The van der Waals surface area contributed by atoms with Gasteiger partial charge in [0.25, 0.3) is 5.69 Å². The largest absolute Gasteiger partial charge is 0.409 e. The van der Waals surface area contributed by atoms with E-state index in [1.807, 2.05) is 13.8 Å². The average molecular weight is 270 g/mol. The maximum Gasteiger partial charge on any atom is 0.298 e. The molecule has 1 aromatic rings. The van der Waals surface area contributed by atoms with Gasteiger partial charge in [0.15, 0.2) is 11.5 Å². The Morgan fingerprint density at radius 1 is 1.72 bits per heavy atom. The summed E-state index contributed by atoms with van der Waals surface area (Å²) >= 11 is 1.48. The van der Waals surface area contributed by atoms with Crippen molar-refractivity contribution in [2.75, 3.05) is 0 Å². The Bertz CT molecular complexity index is 478. The van der Waals surface area contributed by atoms with Crippen LogP contribution < -0.4 is 5.73 Å². The summed E-state index contributed by atoms with van der Waals surface area (Å²) < 4.78 is 0. The average Bonchev–Trinajstić information content (AvgIpc) is 2.37. The summed E-state index contributed by atoms with van der Waals surface area (Å²) in [7, 11) is 0. The lowest BCUT2D eigenvalue weighted by atomic mass is 10.3. The molecule has 0 aliphatic heterocycles. The van der Waals surface area contributed by atoms with Crippen LogP contribution in [0.3, 0.4) is 0 Å². The van der Waals surface area contributed by atoms with E-state index in [0.29, 0.717) is 10.3 Å². The van der Waals surface area contributed by atoms with Crippen molar-refractivity contribution in [1.82, 2.24) is 4.98 Å². The summed E-state index contributed by atoms with van der Waals surface area (Å²) in [5.41, 5.74) is 4.99. The molecule has 18 heavy (non-hydrogen) atoms. The fraction of sp³-hybridized carbons (Fsp3) is 0.400. The highest BCUT2D eigenvalue weighted by Crippen LogP contribution is 2.26. The number of oxime groups is 1. The highest BCUT2D eigenvalue weighted by molar-refractivity contribution is 7.99. The quantitative estimate of drug-likeness (QED) is 0.211. The zero-order chi connectivity index (χ0) is 13.7. The first-order chi connectivity index (χ1) is 8.49. The number of pyridine rings is 1. The highest BCUT2D eigenvalue weighted by Gasteiger charge is 2.20. The molecular weight excluding hydrogens is 256 g/mol. The Balaban J connectivity index is 3.17. The maximum absolute atomic E-state index is 10.8. The Morgan fingerprint density at radius 2 is 2.39 bits per heavy atom. The molecule has 1 rings (SSSR count). The number of aromatic nitrogens is 1. The first-order valence-electron chi connectivity index (χ1n) is 5.29. The van der Waals surface area contributed by atoms with Crippen molar-refractivity contribution in [2.45, 2.75) is 30.5 Å². The van der Waals surface area contributed by atoms with Gasteiger partial charge in [-0.05, 0) is 12.5 Å². The molecule has 0 saturated carbocycles. The van der Waals surface area contributed by atoms with Crippen LogP contribution in [0.25, 0.3) is 0 Å². The van der Waals surface area contributed by atoms with Crippen LogP contribution in [-0.2, 0) is 0 Å². The molecule has 0 saturated heterocycles. The number of thioether (sulfide) groups is 1. The molecule has 0 bridgehead atoms. The van der Waals surface area contributed by atoms with E-state index < -0.39 is 4.92 Å². The van der Waals surface area contributed by atoms with Crippen molar-refractivity contribution in [3.05, 3.63) is 27.9 Å². The topological polar surface area (TPSA) is 115 Å². The molecule has 1 aromatic heterocycles. The van der Waals surface area contributed by atoms with Crippen LogP contribution in [0.2, 0.25) is 0 Å². The van der Waals surface area contributed by atoms with Crippen molar-refractivity contribution in [2.24, 2.45) is 10.9 Å². The predicted molar refractivity (Wildman–Crippen MR) is 69.0 cm³/mol. The highest BCUT2D eigenvalue weighted by atomic mass is 32.2. The van der Waals surface area contributed by atoms with Gasteiger partial charge in [0, 0.05) is 11.3 Å². The smallest absolute Gasteiger partial charge is 0.298 e. The van der Waals surface area contributed by atoms with Crippen molar-refractivity contribution >= 4 is 23.3 Å². The molecule has 0 aliphatic rings. The second kappa shape index (κ2) is 6.20. The SMILES string of the molecule is CCC(C)Sc1ccc([N+](=O)[O-])c(/C(N)=N/O)n1. The summed E-state index contributed by atoms with van der Waals surface area (Å²) in [6, 6.07) is 2.87. The fourth-order valence-corrected chi connectivity index (χ4v) is 2.04. The second-order valence-corrected chi connectivity index (χ2v) is 5.06. The molecule has 0 radical (unpaired) electrons. The first kappa shape index (κ1) is 14.2. The van der Waals surface area contributed by atoms with E-state index in [0.717, 1.165) is 6.42 Å². The fourth-order valence-electron chi connectivity index (χ4n) is 1.17. The number of nitro groups is 1. The van der Waals surface area contributed by atoms with E-state index in [1.165, 1.54) is 17.8 Å². The van der Waals surface area contributed by atoms with Crippen molar-refractivity contribution in [1.29, 1.82) is 0 Å². The minimum atomic E-state index is -0.613. The molecule has 3 N–H and O–H groups in total. The van der Waals surface area contributed by atoms with Crippen molar-refractivity contribution in [3.8, 4) is 0 Å². The van der Waals surface area contributed by atoms with E-state index in [4.69, 9.17) is 10.9 Å². The van der Waals surface area contributed by atoms with Gasteiger partial charge < -0.3 is 10.9 Å². The van der Waals surface area contributed by atoms with Gasteiger partial charge in [0.2, 0.25) is 0 Å². The summed E-state index contributed by atoms with van der Waals surface area (Å²) in [4.78, 5) is 14.2. The second-order valence-electron chi connectivity index (χ2n) is 3.60. The third kappa shape index (κ3) is 3.33. The lowest BCUT2D eigenvalue weighted by Gasteiger charge is -2.08. The number of amidine groups is 1. The minimum absolute atomic E-state index is 0.115. The summed E-state index contributed by atoms with van der Waals surface area (Å²) in [5, 5.41) is 23.1. The lowest BCUT2D eigenvalue weighted by Crippen LogP contribution is -2.17. The van der Waals surface area contributed by atoms with E-state index in [2.05, 4.69) is 10.1 Å². The third-order valence-corrected chi connectivity index (χ3v) is 3.50. The molecule has 0 aliphatic carbocycles. The molecule has 1 heterocycles. The number of hydrogen-bond donors (Lipinski definition) is 2. The van der Waals surface area contributed by atoms with E-state index in [1.54, 1.807) is 6.07 Å². The van der Waals surface area contributed by atoms with Gasteiger partial charge in [-0.3, -0.25) is 10.1 Å². The number of rotatable bonds is 5. The molecule has 1 unspecified atom stereocenters. The molecule has 98 valence electrons. The van der Waals surface area contributed by atoms with Crippen LogP contribution in [-0.4, -0.2) is 26.2 Å². The summed E-state index contributed by atoms with van der Waals surface area (Å²) in [5.74, 6) is -0.367. The van der Waals surface area contributed by atoms with Gasteiger partial charge in [0.1, 0.15) is 0 Å². The molecular formula is C10H14N4O3S. The summed E-state index contributed by atoms with van der Waals surface area (Å²) in [6.45, 7) is 4.06. The Labute approximate surface area is 108 Å². The Hall–Kier alpha value is -1.83. The number of hydrogen-bond acceptors (Lipinski definition) is 6. The van der Waals surface area contributed by atoms with Gasteiger partial charge in [0.05, 0.1) is 9.95 Å². The minimum Gasteiger partial charge on any atom is -0.409 e. The van der Waals surface area contributed by atoms with Gasteiger partial charge >= 0.3 is 0 Å². The molecule has 0 fully saturated rings. The molecule has 1 atom stereocenters. The standard InChI is InChI=1S/C10H14N4O3S/c1-3-6(2)18-8-5-4-7(14(16)17)9(12-8)10(11)13-15/h4-6,15H,3H2,1-2H3,(H2,11,13). The van der Waals surface area contributed by atoms with Crippen molar-refractivity contribution < 1.29 is 10.1 Å². The van der Waals surface area contributed by atoms with Crippen LogP contribution in [0.1, 0.15) is 26.0 Å². The maximum atomic E-state index is 10.8. The first-order valence-corrected chi connectivity index (χ1v) is 6.17. The molecule has 8 heteroatoms. The summed E-state index contributed by atoms with van der Waals surface area (Å²) in [6.07, 6.45) is 0.947. The van der Waals surface area contributed by atoms with Gasteiger partial charge in [-0.15, -0.1) is 11.8 Å². The van der Waals surface area contributed by atoms with Gasteiger partial charge in [-0.25, -0.2) is 4.98 Å². The van der Waals surface area contributed by atoms with Crippen LogP contribution >= 0.6 is 11.8 Å². The number of nitrogens with zero attached hydrogens (tertiary/aromatic N) is 3. The van der Waals surface area contributed by atoms with Crippen LogP contribution in [0.4, 0.5) is 5.69 Å². The van der Waals surface area contributed by atoms with Crippen LogP contribution in [0, 0.1) is 10.1 Å². The Morgan fingerprint density at radius 3 is 2.89 bits per heavy atom. The van der Waals surface area contributed by atoms with Gasteiger partial charge in [-0.1, -0.05) is 19.0 Å². The molecule has 0 amide bonds. The zero-order valence-electron chi connectivity index (χ0n) is 10.0. The lowest BCUT2D eigenvalue weighted by molar-refractivity contribution is -0.385. The predicted octanol–water partition coefficient (Wildman–Crippen LogP) is 1.97. The molecule has 0 spiro atoms. The Kier molecular flexibility index (Phi) is 4.90. The van der Waals surface area contributed by atoms with E-state index in [-0.39, 0.29) is 17.2 Å². The molecule has 7 nitrogen and oxygen atoms in total. The van der Waals surface area contributed by atoms with Gasteiger partial charge in [-0.2, -0.15) is 0 Å². The van der Waals surface area contributed by atoms with E-state index >= 15 is 0 Å². The van der Waals surface area contributed by atoms with Crippen molar-refractivity contribution in [3.63, 3.8) is 0 Å². The third-order valence-electron chi connectivity index (χ3n) is 2.29. The van der Waals surface area contributed by atoms with Crippen LogP contribution in [0.5, 0.6) is 0 Å². The molecule has 0 aromatic carbocycles.